The largest absolute Gasteiger partial charge is 0.369 e. The number of fused-ring (bicyclic) bond motifs is 1. The maximum Gasteiger partial charge on any atom is 0.277 e. The molecule has 0 saturated heterocycles. The molecular weight excluding hydrogens is 178 g/mol. The van der Waals surface area contributed by atoms with Gasteiger partial charge in [-0.2, -0.15) is 4.98 Å². The normalized spacial score (nSPS) is 19.6. The van der Waals surface area contributed by atoms with Crippen LogP contribution in [0.3, 0.4) is 0 Å². The number of aromatic nitrogens is 2. The average Bonchev–Trinajstić information content (AvgIpc) is 2.29. The average molecular weight is 185 g/mol. The Bertz CT molecular complexity index is 375. The van der Waals surface area contributed by atoms with Crippen LogP contribution in [0.25, 0.3) is 0 Å². The predicted molar refractivity (Wildman–Crippen MR) is 49.3 cm³/mol. The minimum atomic E-state index is -0.290. The Kier molecular flexibility index (Phi) is 1.40. The van der Waals surface area contributed by atoms with Crippen LogP contribution in [0.15, 0.2) is 4.79 Å². The highest BCUT2D eigenvalue weighted by Gasteiger charge is 2.20. The standard InChI is InChI=1S/C5H7N5OS/c6-4-8-2-1(3(11)10-4)7-5(12)9-2/h5,7,12H,(H4,6,8,9,10,11). The lowest BCUT2D eigenvalue weighted by molar-refractivity contribution is 1.15. The molecule has 1 aliphatic rings. The molecule has 0 bridgehead atoms. The number of thiol groups is 1. The van der Waals surface area contributed by atoms with Gasteiger partial charge in [0.2, 0.25) is 5.95 Å². The van der Waals surface area contributed by atoms with E-state index in [2.05, 4.69) is 33.2 Å². The zero-order chi connectivity index (χ0) is 8.72. The molecule has 0 aromatic carbocycles. The van der Waals surface area contributed by atoms with Crippen molar-refractivity contribution in [3.63, 3.8) is 0 Å². The van der Waals surface area contributed by atoms with Crippen LogP contribution in [-0.2, 0) is 0 Å². The fraction of sp³-hybridized carbons (Fsp3) is 0.200. The maximum absolute atomic E-state index is 11.2. The molecule has 2 heterocycles. The van der Waals surface area contributed by atoms with Crippen molar-refractivity contribution in [2.75, 3.05) is 16.4 Å². The predicted octanol–water partition coefficient (Wildman–Crippen LogP) is -0.597. The quantitative estimate of drug-likeness (QED) is 0.348. The van der Waals surface area contributed by atoms with Crippen molar-refractivity contribution in [1.29, 1.82) is 0 Å². The van der Waals surface area contributed by atoms with Crippen molar-refractivity contribution in [2.24, 2.45) is 0 Å². The first-order valence-electron chi connectivity index (χ1n) is 3.28. The summed E-state index contributed by atoms with van der Waals surface area (Å²) in [4.78, 5) is 17.4. The molecule has 64 valence electrons. The summed E-state index contributed by atoms with van der Waals surface area (Å²) in [6, 6.07) is 0. The first-order valence-corrected chi connectivity index (χ1v) is 3.79. The third kappa shape index (κ3) is 0.981. The van der Waals surface area contributed by atoms with E-state index >= 15 is 0 Å². The van der Waals surface area contributed by atoms with Crippen molar-refractivity contribution >= 4 is 30.1 Å². The summed E-state index contributed by atoms with van der Waals surface area (Å²) in [5.41, 5.74) is 5.12. The van der Waals surface area contributed by atoms with Crippen LogP contribution in [0.5, 0.6) is 0 Å². The lowest BCUT2D eigenvalue weighted by atomic mass is 10.5. The van der Waals surface area contributed by atoms with Gasteiger partial charge in [-0.15, -0.1) is 12.6 Å². The minimum Gasteiger partial charge on any atom is -0.369 e. The fourth-order valence-electron chi connectivity index (χ4n) is 1.03. The van der Waals surface area contributed by atoms with Crippen LogP contribution < -0.4 is 21.9 Å². The molecule has 1 aliphatic heterocycles. The van der Waals surface area contributed by atoms with Gasteiger partial charge in [0.05, 0.1) is 0 Å². The van der Waals surface area contributed by atoms with E-state index in [4.69, 9.17) is 5.73 Å². The van der Waals surface area contributed by atoms with Gasteiger partial charge < -0.3 is 16.4 Å². The zero-order valence-corrected chi connectivity index (χ0v) is 6.85. The molecule has 7 heteroatoms. The van der Waals surface area contributed by atoms with E-state index in [1.807, 2.05) is 0 Å². The van der Waals surface area contributed by atoms with Crippen LogP contribution >= 0.6 is 12.6 Å². The van der Waals surface area contributed by atoms with Crippen LogP contribution in [0.1, 0.15) is 0 Å². The number of nitrogen functional groups attached to an aromatic ring is 1. The molecule has 0 fully saturated rings. The Labute approximate surface area is 73.0 Å². The van der Waals surface area contributed by atoms with Gasteiger partial charge in [0.25, 0.3) is 5.56 Å². The molecule has 0 amide bonds. The summed E-state index contributed by atoms with van der Waals surface area (Å²) in [7, 11) is 0. The number of nitrogens with two attached hydrogens (primary N) is 1. The fourth-order valence-corrected chi connectivity index (χ4v) is 1.28. The summed E-state index contributed by atoms with van der Waals surface area (Å²) < 4.78 is 0. The molecule has 0 aliphatic carbocycles. The van der Waals surface area contributed by atoms with Crippen molar-refractivity contribution in [3.05, 3.63) is 10.4 Å². The number of H-pyrrole nitrogens is 1. The number of nitrogens with zero attached hydrogens (tertiary/aromatic N) is 1. The van der Waals surface area contributed by atoms with Gasteiger partial charge in [0.1, 0.15) is 11.2 Å². The zero-order valence-electron chi connectivity index (χ0n) is 5.96. The molecule has 12 heavy (non-hydrogen) atoms. The molecule has 1 unspecified atom stereocenters. The van der Waals surface area contributed by atoms with Gasteiger partial charge in [-0.05, 0) is 0 Å². The van der Waals surface area contributed by atoms with E-state index in [1.54, 1.807) is 0 Å². The van der Waals surface area contributed by atoms with Gasteiger partial charge in [0, 0.05) is 0 Å². The van der Waals surface area contributed by atoms with E-state index in [0.717, 1.165) is 0 Å². The number of hydrogen-bond donors (Lipinski definition) is 5. The monoisotopic (exact) mass is 185 g/mol. The molecule has 5 N–H and O–H groups in total. The van der Waals surface area contributed by atoms with E-state index in [9.17, 15) is 4.79 Å². The van der Waals surface area contributed by atoms with Gasteiger partial charge >= 0.3 is 0 Å². The second kappa shape index (κ2) is 2.31. The molecular formula is C5H7N5OS. The summed E-state index contributed by atoms with van der Waals surface area (Å²) >= 11 is 4.06. The SMILES string of the molecule is Nc1nc2c(c(=O)[nH]1)NC(S)N2. The van der Waals surface area contributed by atoms with Gasteiger partial charge in [-0.3, -0.25) is 9.78 Å². The summed E-state index contributed by atoms with van der Waals surface area (Å²) in [6.45, 7) is 0. The van der Waals surface area contributed by atoms with Crippen molar-refractivity contribution in [2.45, 2.75) is 5.50 Å². The maximum atomic E-state index is 11.2. The van der Waals surface area contributed by atoms with Crippen molar-refractivity contribution in [1.82, 2.24) is 9.97 Å². The van der Waals surface area contributed by atoms with Crippen LogP contribution in [-0.4, -0.2) is 15.5 Å². The van der Waals surface area contributed by atoms with E-state index < -0.39 is 0 Å². The number of nitrogens with one attached hydrogen (secondary N) is 3. The summed E-state index contributed by atoms with van der Waals surface area (Å²) in [5, 5.41) is 5.61. The Hall–Kier alpha value is -1.37. The lowest BCUT2D eigenvalue weighted by Crippen LogP contribution is -2.16. The number of aromatic amines is 1. The highest BCUT2D eigenvalue weighted by molar-refractivity contribution is 7.81. The third-order valence-electron chi connectivity index (χ3n) is 1.49. The molecule has 2 rings (SSSR count). The van der Waals surface area contributed by atoms with E-state index in [1.165, 1.54) is 0 Å². The second-order valence-electron chi connectivity index (χ2n) is 2.37. The highest BCUT2D eigenvalue weighted by Crippen LogP contribution is 2.23. The summed E-state index contributed by atoms with van der Waals surface area (Å²) in [6.07, 6.45) is 0. The summed E-state index contributed by atoms with van der Waals surface area (Å²) in [5.74, 6) is 0.534. The Morgan fingerprint density at radius 1 is 1.50 bits per heavy atom. The van der Waals surface area contributed by atoms with Gasteiger partial charge in [0.15, 0.2) is 5.82 Å². The molecule has 1 atom stereocenters. The van der Waals surface area contributed by atoms with Crippen molar-refractivity contribution < 1.29 is 0 Å². The number of anilines is 3. The molecule has 0 spiro atoms. The molecule has 1 aromatic rings. The minimum absolute atomic E-state index is 0.0930. The van der Waals surface area contributed by atoms with E-state index in [-0.39, 0.29) is 17.0 Å². The van der Waals surface area contributed by atoms with Crippen LogP contribution in [0.2, 0.25) is 0 Å². The molecule has 0 saturated carbocycles. The smallest absolute Gasteiger partial charge is 0.277 e. The third-order valence-corrected chi connectivity index (χ3v) is 1.75. The number of hydrogen-bond acceptors (Lipinski definition) is 6. The van der Waals surface area contributed by atoms with Gasteiger partial charge in [-0.25, -0.2) is 0 Å². The van der Waals surface area contributed by atoms with Crippen LogP contribution in [0, 0.1) is 0 Å². The molecule has 0 radical (unpaired) electrons. The highest BCUT2D eigenvalue weighted by atomic mass is 32.1. The Balaban J connectivity index is 2.60. The number of rotatable bonds is 0. The Morgan fingerprint density at radius 2 is 2.25 bits per heavy atom. The van der Waals surface area contributed by atoms with Gasteiger partial charge in [-0.1, -0.05) is 0 Å². The topological polar surface area (TPSA) is 95.8 Å². The molecule has 1 aromatic heterocycles. The van der Waals surface area contributed by atoms with Crippen molar-refractivity contribution in [3.8, 4) is 0 Å². The molecule has 6 nitrogen and oxygen atoms in total. The first kappa shape index (κ1) is 7.29. The lowest BCUT2D eigenvalue weighted by Gasteiger charge is -1.99. The van der Waals surface area contributed by atoms with E-state index in [0.29, 0.717) is 11.5 Å². The van der Waals surface area contributed by atoms with Crippen LogP contribution in [0.4, 0.5) is 17.5 Å². The first-order chi connectivity index (χ1) is 5.66. The Morgan fingerprint density at radius 3 is 3.00 bits per heavy atom. The second-order valence-corrected chi connectivity index (χ2v) is 2.88.